The summed E-state index contributed by atoms with van der Waals surface area (Å²) >= 11 is 0. The molecular formula is C15H29N3O. The molecule has 1 saturated heterocycles. The van der Waals surface area contributed by atoms with Crippen LogP contribution in [0.1, 0.15) is 58.3 Å². The maximum Gasteiger partial charge on any atom is 0.317 e. The number of nitrogens with zero attached hydrogens (tertiary/aromatic N) is 1. The minimum atomic E-state index is 0.161. The van der Waals surface area contributed by atoms with Crippen molar-refractivity contribution in [3.63, 3.8) is 0 Å². The fraction of sp³-hybridized carbons (Fsp3) is 0.933. The smallest absolute Gasteiger partial charge is 0.317 e. The van der Waals surface area contributed by atoms with E-state index in [0.29, 0.717) is 12.1 Å². The summed E-state index contributed by atoms with van der Waals surface area (Å²) in [5.74, 6) is 0. The van der Waals surface area contributed by atoms with Crippen LogP contribution in [0.4, 0.5) is 4.79 Å². The number of urea groups is 1. The normalized spacial score (nSPS) is 23.7. The van der Waals surface area contributed by atoms with Crippen molar-refractivity contribution in [2.24, 2.45) is 0 Å². The van der Waals surface area contributed by atoms with Gasteiger partial charge < -0.3 is 15.5 Å². The van der Waals surface area contributed by atoms with E-state index in [0.717, 1.165) is 45.3 Å². The van der Waals surface area contributed by atoms with Gasteiger partial charge in [0.25, 0.3) is 0 Å². The Bertz CT molecular complexity index is 271. The summed E-state index contributed by atoms with van der Waals surface area (Å²) in [6.07, 6.45) is 9.56. The molecule has 1 unspecified atom stereocenters. The molecule has 110 valence electrons. The molecule has 0 aromatic heterocycles. The molecule has 2 fully saturated rings. The van der Waals surface area contributed by atoms with Gasteiger partial charge in [0, 0.05) is 25.2 Å². The zero-order valence-corrected chi connectivity index (χ0v) is 12.3. The SMILES string of the molecule is CCCCN(CC1CCCN1)C(=O)NC1CCCC1. The highest BCUT2D eigenvalue weighted by atomic mass is 16.2. The molecule has 2 aliphatic rings. The Hall–Kier alpha value is -0.770. The molecule has 2 amide bonds. The van der Waals surface area contributed by atoms with Gasteiger partial charge in [-0.3, -0.25) is 0 Å². The van der Waals surface area contributed by atoms with Crippen molar-refractivity contribution in [1.29, 1.82) is 0 Å². The Morgan fingerprint density at radius 3 is 2.68 bits per heavy atom. The van der Waals surface area contributed by atoms with Gasteiger partial charge in [-0.15, -0.1) is 0 Å². The number of hydrogen-bond donors (Lipinski definition) is 2. The van der Waals surface area contributed by atoms with Crippen LogP contribution in [0, 0.1) is 0 Å². The Kier molecular flexibility index (Phi) is 5.95. The largest absolute Gasteiger partial charge is 0.335 e. The standard InChI is InChI=1S/C15H29N3O/c1-2-3-11-18(12-14-9-6-10-16-14)15(19)17-13-7-4-5-8-13/h13-14,16H,2-12H2,1H3,(H,17,19). The molecule has 1 atom stereocenters. The number of rotatable bonds is 6. The molecule has 0 spiro atoms. The lowest BCUT2D eigenvalue weighted by Gasteiger charge is -2.27. The summed E-state index contributed by atoms with van der Waals surface area (Å²) in [4.78, 5) is 14.4. The molecule has 1 aliphatic heterocycles. The molecule has 4 nitrogen and oxygen atoms in total. The zero-order valence-electron chi connectivity index (χ0n) is 12.3. The molecule has 1 aliphatic carbocycles. The highest BCUT2D eigenvalue weighted by Crippen LogP contribution is 2.18. The van der Waals surface area contributed by atoms with Gasteiger partial charge in [0.2, 0.25) is 0 Å². The zero-order chi connectivity index (χ0) is 13.5. The number of nitrogens with one attached hydrogen (secondary N) is 2. The quantitative estimate of drug-likeness (QED) is 0.776. The molecule has 2 rings (SSSR count). The maximum absolute atomic E-state index is 12.4. The van der Waals surface area contributed by atoms with E-state index in [4.69, 9.17) is 0 Å². The second kappa shape index (κ2) is 7.73. The summed E-state index contributed by atoms with van der Waals surface area (Å²) in [5, 5.41) is 6.71. The van der Waals surface area contributed by atoms with Crippen molar-refractivity contribution in [2.45, 2.75) is 70.4 Å². The summed E-state index contributed by atoms with van der Waals surface area (Å²) in [6, 6.07) is 1.09. The van der Waals surface area contributed by atoms with Crippen molar-refractivity contribution in [3.05, 3.63) is 0 Å². The second-order valence-electron chi connectivity index (χ2n) is 6.02. The van der Waals surface area contributed by atoms with Crippen LogP contribution in [0.25, 0.3) is 0 Å². The third kappa shape index (κ3) is 4.68. The molecule has 19 heavy (non-hydrogen) atoms. The first-order valence-corrected chi connectivity index (χ1v) is 8.08. The predicted octanol–water partition coefficient (Wildman–Crippen LogP) is 2.49. The van der Waals surface area contributed by atoms with Crippen LogP contribution in [0.15, 0.2) is 0 Å². The topological polar surface area (TPSA) is 44.4 Å². The van der Waals surface area contributed by atoms with Gasteiger partial charge in [0.15, 0.2) is 0 Å². The summed E-state index contributed by atoms with van der Waals surface area (Å²) in [7, 11) is 0. The van der Waals surface area contributed by atoms with Crippen LogP contribution < -0.4 is 10.6 Å². The first kappa shape index (κ1) is 14.6. The molecule has 1 saturated carbocycles. The van der Waals surface area contributed by atoms with Crippen LogP contribution in [-0.4, -0.2) is 42.6 Å². The molecule has 1 heterocycles. The van der Waals surface area contributed by atoms with E-state index in [1.54, 1.807) is 0 Å². The fourth-order valence-electron chi connectivity index (χ4n) is 3.14. The van der Waals surface area contributed by atoms with Crippen LogP contribution in [0.3, 0.4) is 0 Å². The first-order valence-electron chi connectivity index (χ1n) is 8.08. The van der Waals surface area contributed by atoms with Gasteiger partial charge in [-0.05, 0) is 38.6 Å². The van der Waals surface area contributed by atoms with Crippen LogP contribution >= 0.6 is 0 Å². The van der Waals surface area contributed by atoms with Crippen molar-refractivity contribution >= 4 is 6.03 Å². The summed E-state index contributed by atoms with van der Waals surface area (Å²) in [5.41, 5.74) is 0. The van der Waals surface area contributed by atoms with E-state index < -0.39 is 0 Å². The average Bonchev–Trinajstić information content (AvgIpc) is 3.07. The number of amides is 2. The van der Waals surface area contributed by atoms with Gasteiger partial charge in [0.1, 0.15) is 0 Å². The Balaban J connectivity index is 1.81. The van der Waals surface area contributed by atoms with Gasteiger partial charge in [-0.25, -0.2) is 4.79 Å². The average molecular weight is 267 g/mol. The molecule has 4 heteroatoms. The number of carbonyl (C=O) groups is 1. The fourth-order valence-corrected chi connectivity index (χ4v) is 3.14. The minimum Gasteiger partial charge on any atom is -0.335 e. The highest BCUT2D eigenvalue weighted by Gasteiger charge is 2.24. The van der Waals surface area contributed by atoms with Crippen LogP contribution in [0.5, 0.6) is 0 Å². The van der Waals surface area contributed by atoms with E-state index in [1.807, 2.05) is 4.90 Å². The molecule has 0 aromatic rings. The Labute approximate surface area is 117 Å². The van der Waals surface area contributed by atoms with E-state index >= 15 is 0 Å². The third-order valence-corrected chi connectivity index (χ3v) is 4.35. The minimum absolute atomic E-state index is 0.161. The first-order chi connectivity index (χ1) is 9.29. The van der Waals surface area contributed by atoms with Gasteiger partial charge in [-0.1, -0.05) is 26.2 Å². The lowest BCUT2D eigenvalue weighted by molar-refractivity contribution is 0.187. The van der Waals surface area contributed by atoms with E-state index in [1.165, 1.54) is 25.7 Å². The van der Waals surface area contributed by atoms with Crippen LogP contribution in [-0.2, 0) is 0 Å². The molecular weight excluding hydrogens is 238 g/mol. The lowest BCUT2D eigenvalue weighted by atomic mass is 10.2. The number of hydrogen-bond acceptors (Lipinski definition) is 2. The Morgan fingerprint density at radius 1 is 1.26 bits per heavy atom. The third-order valence-electron chi connectivity index (χ3n) is 4.35. The summed E-state index contributed by atoms with van der Waals surface area (Å²) in [6.45, 7) is 5.06. The van der Waals surface area contributed by atoms with Gasteiger partial charge in [0.05, 0.1) is 0 Å². The molecule has 0 aromatic carbocycles. The van der Waals surface area contributed by atoms with Crippen molar-refractivity contribution in [1.82, 2.24) is 15.5 Å². The number of carbonyl (C=O) groups excluding carboxylic acids is 1. The maximum atomic E-state index is 12.4. The second-order valence-corrected chi connectivity index (χ2v) is 6.02. The van der Waals surface area contributed by atoms with Gasteiger partial charge in [-0.2, -0.15) is 0 Å². The van der Waals surface area contributed by atoms with Crippen molar-refractivity contribution in [2.75, 3.05) is 19.6 Å². The van der Waals surface area contributed by atoms with E-state index in [9.17, 15) is 4.79 Å². The molecule has 0 radical (unpaired) electrons. The lowest BCUT2D eigenvalue weighted by Crippen LogP contribution is -2.48. The van der Waals surface area contributed by atoms with Gasteiger partial charge >= 0.3 is 6.03 Å². The highest BCUT2D eigenvalue weighted by molar-refractivity contribution is 5.74. The van der Waals surface area contributed by atoms with E-state index in [2.05, 4.69) is 17.6 Å². The summed E-state index contributed by atoms with van der Waals surface area (Å²) < 4.78 is 0. The van der Waals surface area contributed by atoms with Crippen LogP contribution in [0.2, 0.25) is 0 Å². The monoisotopic (exact) mass is 267 g/mol. The Morgan fingerprint density at radius 2 is 2.05 bits per heavy atom. The van der Waals surface area contributed by atoms with E-state index in [-0.39, 0.29) is 6.03 Å². The van der Waals surface area contributed by atoms with Crippen molar-refractivity contribution < 1.29 is 4.79 Å². The van der Waals surface area contributed by atoms with Crippen molar-refractivity contribution in [3.8, 4) is 0 Å². The predicted molar refractivity (Wildman–Crippen MR) is 78.3 cm³/mol. The molecule has 0 bridgehead atoms. The number of unbranched alkanes of at least 4 members (excludes halogenated alkanes) is 1. The molecule has 2 N–H and O–H groups in total.